The van der Waals surface area contributed by atoms with Gasteiger partial charge in [-0.3, -0.25) is 0 Å². The van der Waals surface area contributed by atoms with Crippen molar-refractivity contribution in [3.8, 4) is 11.3 Å². The van der Waals surface area contributed by atoms with Crippen LogP contribution in [0.3, 0.4) is 0 Å². The fraction of sp³-hybridized carbons (Fsp3) is 0. The summed E-state index contributed by atoms with van der Waals surface area (Å²) in [5.74, 6) is 0. The van der Waals surface area contributed by atoms with Gasteiger partial charge in [0.05, 0.1) is 11.2 Å². The van der Waals surface area contributed by atoms with E-state index in [1.165, 1.54) is 5.49 Å². The molecule has 1 aromatic heterocycles. The third kappa shape index (κ3) is 1.65. The fourth-order valence-corrected chi connectivity index (χ4v) is 1.28. The number of rotatable bonds is 2. The van der Waals surface area contributed by atoms with Gasteiger partial charge in [-0.25, -0.2) is 4.68 Å². The first-order valence-corrected chi connectivity index (χ1v) is 4.43. The van der Waals surface area contributed by atoms with E-state index in [2.05, 4.69) is 5.10 Å². The lowest BCUT2D eigenvalue weighted by Gasteiger charge is -1.93. The average molecular weight is 188 g/mol. The molecule has 0 bridgehead atoms. The van der Waals surface area contributed by atoms with Gasteiger partial charge >= 0.3 is 0 Å². The Kier molecular flexibility index (Phi) is 2.19. The molecule has 64 valence electrons. The van der Waals surface area contributed by atoms with Gasteiger partial charge in [0.25, 0.3) is 0 Å². The summed E-state index contributed by atoms with van der Waals surface area (Å²) in [5, 5.41) is 4.26. The highest BCUT2D eigenvalue weighted by Gasteiger charge is 1.98. The van der Waals surface area contributed by atoms with Gasteiger partial charge in [-0.05, 0) is 6.07 Å². The van der Waals surface area contributed by atoms with Crippen LogP contribution in [-0.2, 0) is 0 Å². The fourth-order valence-electron chi connectivity index (χ4n) is 1.16. The van der Waals surface area contributed by atoms with Gasteiger partial charge in [-0.1, -0.05) is 42.5 Å². The molecule has 1 aromatic carbocycles. The van der Waals surface area contributed by atoms with E-state index in [0.29, 0.717) is 0 Å². The smallest absolute Gasteiger partial charge is 0.0927 e. The van der Waals surface area contributed by atoms with E-state index in [-0.39, 0.29) is 0 Å². The van der Waals surface area contributed by atoms with Gasteiger partial charge in [0.1, 0.15) is 0 Å². The summed E-state index contributed by atoms with van der Waals surface area (Å²) in [7, 11) is 0. The van der Waals surface area contributed by atoms with Crippen LogP contribution in [0.5, 0.6) is 0 Å². The van der Waals surface area contributed by atoms with Crippen molar-refractivity contribution in [1.82, 2.24) is 9.78 Å². The quantitative estimate of drug-likeness (QED) is 0.673. The Bertz CT molecular complexity index is 406. The highest BCUT2D eigenvalue weighted by molar-refractivity contribution is 7.78. The minimum absolute atomic E-state index is 0.946. The molecule has 0 N–H and O–H groups in total. The van der Waals surface area contributed by atoms with Crippen molar-refractivity contribution in [3.05, 3.63) is 42.6 Å². The lowest BCUT2D eigenvalue weighted by molar-refractivity contribution is 0.974. The zero-order chi connectivity index (χ0) is 9.10. The van der Waals surface area contributed by atoms with Gasteiger partial charge in [0.15, 0.2) is 0 Å². The van der Waals surface area contributed by atoms with Crippen LogP contribution in [0.1, 0.15) is 0 Å². The topological polar surface area (TPSA) is 17.8 Å². The van der Waals surface area contributed by atoms with Crippen molar-refractivity contribution < 1.29 is 0 Å². The van der Waals surface area contributed by atoms with Crippen LogP contribution < -0.4 is 0 Å². The van der Waals surface area contributed by atoms with Gasteiger partial charge in [-0.2, -0.15) is 5.10 Å². The lowest BCUT2D eigenvalue weighted by atomic mass is 10.2. The molecule has 0 atom stereocenters. The van der Waals surface area contributed by atoms with Crippen LogP contribution in [0.4, 0.5) is 0 Å². The Labute approximate surface area is 81.8 Å². The first kappa shape index (κ1) is 8.13. The number of thiocarbonyl (C=S) groups is 1. The van der Waals surface area contributed by atoms with Crippen LogP contribution in [0.15, 0.2) is 42.6 Å². The number of nitrogens with zero attached hydrogens (tertiary/aromatic N) is 2. The normalized spacial score (nSPS) is 9.85. The second-order valence-electron chi connectivity index (χ2n) is 2.65. The van der Waals surface area contributed by atoms with E-state index in [1.54, 1.807) is 4.68 Å². The minimum Gasteiger partial charge on any atom is -0.237 e. The van der Waals surface area contributed by atoms with Crippen LogP contribution in [0.2, 0.25) is 0 Å². The van der Waals surface area contributed by atoms with E-state index in [4.69, 9.17) is 12.2 Å². The van der Waals surface area contributed by atoms with Crippen molar-refractivity contribution in [3.63, 3.8) is 0 Å². The highest BCUT2D eigenvalue weighted by atomic mass is 32.1. The van der Waals surface area contributed by atoms with Crippen molar-refractivity contribution in [2.75, 3.05) is 0 Å². The van der Waals surface area contributed by atoms with E-state index in [0.717, 1.165) is 11.3 Å². The summed E-state index contributed by atoms with van der Waals surface area (Å²) < 4.78 is 1.62. The summed E-state index contributed by atoms with van der Waals surface area (Å²) in [6.45, 7) is 0. The van der Waals surface area contributed by atoms with Crippen molar-refractivity contribution >= 4 is 17.7 Å². The third-order valence-electron chi connectivity index (χ3n) is 1.79. The van der Waals surface area contributed by atoms with Crippen molar-refractivity contribution in [2.24, 2.45) is 0 Å². The third-order valence-corrected chi connectivity index (χ3v) is 2.00. The minimum atomic E-state index is 0.946. The molecule has 1 heterocycles. The first-order chi connectivity index (χ1) is 6.40. The molecule has 13 heavy (non-hydrogen) atoms. The molecule has 0 aliphatic carbocycles. The number of aromatic nitrogens is 2. The molecule has 0 radical (unpaired) electrons. The molecular formula is C10H8N2S. The van der Waals surface area contributed by atoms with Gasteiger partial charge < -0.3 is 0 Å². The summed E-state index contributed by atoms with van der Waals surface area (Å²) in [4.78, 5) is 0. The molecular weight excluding hydrogens is 180 g/mol. The molecule has 0 saturated heterocycles. The van der Waals surface area contributed by atoms with Crippen LogP contribution in [-0.4, -0.2) is 15.3 Å². The second kappa shape index (κ2) is 3.49. The molecule has 0 aliphatic rings. The van der Waals surface area contributed by atoms with Crippen molar-refractivity contribution in [2.45, 2.75) is 0 Å². The molecule has 0 saturated carbocycles. The van der Waals surface area contributed by atoms with Crippen LogP contribution in [0, 0.1) is 0 Å². The predicted molar refractivity (Wildman–Crippen MR) is 56.7 cm³/mol. The maximum Gasteiger partial charge on any atom is 0.0927 e. The number of hydrogen-bond acceptors (Lipinski definition) is 2. The average Bonchev–Trinajstić information content (AvgIpc) is 2.67. The first-order valence-electron chi connectivity index (χ1n) is 3.96. The monoisotopic (exact) mass is 188 g/mol. The molecule has 2 aromatic rings. The molecule has 0 aliphatic heterocycles. The Hall–Kier alpha value is -1.48. The maximum absolute atomic E-state index is 4.76. The van der Waals surface area contributed by atoms with E-state index in [1.807, 2.05) is 42.6 Å². The summed E-state index contributed by atoms with van der Waals surface area (Å²) in [6.07, 6.45) is 1.84. The SMILES string of the molecule is S=Cn1ccc(-c2ccccc2)n1. The molecule has 0 unspecified atom stereocenters. The van der Waals surface area contributed by atoms with Gasteiger partial charge in [0, 0.05) is 11.8 Å². The van der Waals surface area contributed by atoms with E-state index in [9.17, 15) is 0 Å². The van der Waals surface area contributed by atoms with E-state index >= 15 is 0 Å². The van der Waals surface area contributed by atoms with Gasteiger partial charge in [-0.15, -0.1) is 0 Å². The predicted octanol–water partition coefficient (Wildman–Crippen LogP) is 2.36. The van der Waals surface area contributed by atoms with Crippen LogP contribution in [0.25, 0.3) is 11.3 Å². The highest BCUT2D eigenvalue weighted by Crippen LogP contribution is 2.14. The maximum atomic E-state index is 4.76. The lowest BCUT2D eigenvalue weighted by Crippen LogP contribution is -1.92. The summed E-state index contributed by atoms with van der Waals surface area (Å²) >= 11 is 4.76. The van der Waals surface area contributed by atoms with Gasteiger partial charge in [0.2, 0.25) is 0 Å². The number of benzene rings is 1. The Morgan fingerprint density at radius 1 is 1.15 bits per heavy atom. The summed E-state index contributed by atoms with van der Waals surface area (Å²) in [6, 6.07) is 12.0. The Balaban J connectivity index is 2.41. The van der Waals surface area contributed by atoms with E-state index < -0.39 is 0 Å². The summed E-state index contributed by atoms with van der Waals surface area (Å²) in [5.41, 5.74) is 3.56. The molecule has 2 rings (SSSR count). The Morgan fingerprint density at radius 2 is 1.92 bits per heavy atom. The molecule has 0 spiro atoms. The zero-order valence-corrected chi connectivity index (χ0v) is 7.74. The molecule has 2 nitrogen and oxygen atoms in total. The second-order valence-corrected chi connectivity index (χ2v) is 2.86. The largest absolute Gasteiger partial charge is 0.237 e. The van der Waals surface area contributed by atoms with Crippen molar-refractivity contribution in [1.29, 1.82) is 0 Å². The molecule has 0 amide bonds. The molecule has 3 heteroatoms. The number of hydrogen-bond donors (Lipinski definition) is 0. The molecule has 0 fully saturated rings. The Morgan fingerprint density at radius 3 is 2.54 bits per heavy atom. The van der Waals surface area contributed by atoms with Crippen LogP contribution >= 0.6 is 12.2 Å². The standard InChI is InChI=1S/C10H8N2S/c13-8-12-7-6-10(11-12)9-4-2-1-3-5-9/h1-8H. The zero-order valence-electron chi connectivity index (χ0n) is 6.92.